The van der Waals surface area contributed by atoms with Crippen molar-refractivity contribution in [3.63, 3.8) is 0 Å². The van der Waals surface area contributed by atoms with Crippen LogP contribution in [0.25, 0.3) is 0 Å². The summed E-state index contributed by atoms with van der Waals surface area (Å²) >= 11 is 9.59. The van der Waals surface area contributed by atoms with Gasteiger partial charge >= 0.3 is 0 Å². The summed E-state index contributed by atoms with van der Waals surface area (Å²) < 4.78 is 0. The van der Waals surface area contributed by atoms with Crippen LogP contribution in [0.3, 0.4) is 0 Å². The van der Waals surface area contributed by atoms with Crippen molar-refractivity contribution in [1.82, 2.24) is 0 Å². The van der Waals surface area contributed by atoms with Gasteiger partial charge in [-0.3, -0.25) is 5.41 Å². The first-order valence-corrected chi connectivity index (χ1v) is 5.04. The van der Waals surface area contributed by atoms with Crippen molar-refractivity contribution in [2.75, 3.05) is 0 Å². The minimum atomic E-state index is -0.0179. The van der Waals surface area contributed by atoms with E-state index in [1.165, 1.54) is 19.1 Å². The predicted octanol–water partition coefficient (Wildman–Crippen LogP) is 3.41. The summed E-state index contributed by atoms with van der Waals surface area (Å²) in [6.45, 7) is 1.50. The van der Waals surface area contributed by atoms with E-state index in [4.69, 9.17) is 22.1 Å². The number of hydrogen-bond donors (Lipinski definition) is 3. The van der Waals surface area contributed by atoms with Gasteiger partial charge in [0.25, 0.3) is 0 Å². The zero-order valence-electron chi connectivity index (χ0n) is 8.35. The van der Waals surface area contributed by atoms with Gasteiger partial charge in [-0.25, -0.2) is 4.99 Å². The lowest BCUT2D eigenvalue weighted by molar-refractivity contribution is 0.475. The highest BCUT2D eigenvalue weighted by atomic mass is 35.5. The van der Waals surface area contributed by atoms with Crippen molar-refractivity contribution < 1.29 is 5.11 Å². The van der Waals surface area contributed by atoms with Gasteiger partial charge < -0.3 is 5.11 Å². The van der Waals surface area contributed by atoms with Crippen LogP contribution in [0.4, 0.5) is 5.69 Å². The minimum absolute atomic E-state index is 0.0179. The molecule has 0 aliphatic carbocycles. The average Bonchev–Trinajstić information content (AvgIpc) is 2.19. The number of amidine groups is 2. The van der Waals surface area contributed by atoms with E-state index in [0.717, 1.165) is 0 Å². The van der Waals surface area contributed by atoms with Gasteiger partial charge in [0, 0.05) is 0 Å². The van der Waals surface area contributed by atoms with Crippen molar-refractivity contribution >= 4 is 40.9 Å². The molecular formula is C9H9ClN4OS. The molecule has 0 aliphatic rings. The summed E-state index contributed by atoms with van der Waals surface area (Å²) in [5.41, 5.74) is 0.465. The number of rotatable bonds is 1. The Kier molecular flexibility index (Phi) is 4.45. The SMILES string of the molecule is CC(=N)/N=C(S)/N=N/c1ccc(O)c(Cl)c1. The molecule has 0 saturated carbocycles. The summed E-state index contributed by atoms with van der Waals surface area (Å²) in [7, 11) is 0. The molecule has 0 atom stereocenters. The van der Waals surface area contributed by atoms with Crippen LogP contribution < -0.4 is 0 Å². The Labute approximate surface area is 103 Å². The van der Waals surface area contributed by atoms with Gasteiger partial charge in [-0.2, -0.15) is 0 Å². The Morgan fingerprint density at radius 1 is 1.50 bits per heavy atom. The van der Waals surface area contributed by atoms with Gasteiger partial charge in [0.15, 0.2) is 0 Å². The molecule has 2 N–H and O–H groups in total. The lowest BCUT2D eigenvalue weighted by atomic mass is 10.3. The van der Waals surface area contributed by atoms with Crippen LogP contribution in [0.5, 0.6) is 5.75 Å². The van der Waals surface area contributed by atoms with Crippen LogP contribution in [0.15, 0.2) is 33.4 Å². The fourth-order valence-corrected chi connectivity index (χ4v) is 1.20. The molecule has 0 saturated heterocycles. The number of nitrogens with one attached hydrogen (secondary N) is 1. The van der Waals surface area contributed by atoms with Gasteiger partial charge in [0.2, 0.25) is 5.17 Å². The molecule has 0 aromatic heterocycles. The van der Waals surface area contributed by atoms with Crippen LogP contribution >= 0.6 is 24.2 Å². The van der Waals surface area contributed by atoms with E-state index < -0.39 is 0 Å². The van der Waals surface area contributed by atoms with Crippen molar-refractivity contribution in [3.05, 3.63) is 23.2 Å². The monoisotopic (exact) mass is 256 g/mol. The van der Waals surface area contributed by atoms with E-state index in [1.807, 2.05) is 0 Å². The molecule has 0 fully saturated rings. The number of phenolic OH excluding ortho intramolecular Hbond substituents is 1. The number of thiol groups is 1. The van der Waals surface area contributed by atoms with Crippen molar-refractivity contribution in [1.29, 1.82) is 5.41 Å². The summed E-state index contributed by atoms with van der Waals surface area (Å²) in [5.74, 6) is 0.0726. The van der Waals surface area contributed by atoms with Crippen molar-refractivity contribution in [2.24, 2.45) is 15.2 Å². The van der Waals surface area contributed by atoms with E-state index in [-0.39, 0.29) is 21.8 Å². The van der Waals surface area contributed by atoms with Gasteiger partial charge in [-0.05, 0) is 25.1 Å². The molecule has 16 heavy (non-hydrogen) atoms. The van der Waals surface area contributed by atoms with Crippen molar-refractivity contribution in [2.45, 2.75) is 6.92 Å². The Morgan fingerprint density at radius 2 is 2.19 bits per heavy atom. The first-order chi connectivity index (χ1) is 7.49. The number of nitrogens with zero attached hydrogens (tertiary/aromatic N) is 3. The highest BCUT2D eigenvalue weighted by molar-refractivity contribution is 7.96. The Balaban J connectivity index is 2.84. The number of hydrogen-bond acceptors (Lipinski definition) is 3. The second-order valence-electron chi connectivity index (χ2n) is 2.83. The molecule has 84 valence electrons. The highest BCUT2D eigenvalue weighted by Gasteiger charge is 1.98. The van der Waals surface area contributed by atoms with E-state index in [1.54, 1.807) is 6.07 Å². The standard InChI is InChI=1S/C9H9ClN4OS/c1-5(11)12-9(16)14-13-6-2-3-8(15)7(10)4-6/h2-4,15H,1H3,(H2,11,12,16)/b14-13+. The molecule has 0 spiro atoms. The number of halogens is 1. The molecular weight excluding hydrogens is 248 g/mol. The lowest BCUT2D eigenvalue weighted by Crippen LogP contribution is -1.86. The molecule has 1 aromatic carbocycles. The quantitative estimate of drug-likeness (QED) is 0.306. The number of benzene rings is 1. The molecule has 1 aromatic rings. The molecule has 0 radical (unpaired) electrons. The van der Waals surface area contributed by atoms with Gasteiger partial charge in [-0.1, -0.05) is 11.6 Å². The molecule has 1 rings (SSSR count). The Morgan fingerprint density at radius 3 is 2.75 bits per heavy atom. The zero-order valence-corrected chi connectivity index (χ0v) is 10.00. The van der Waals surface area contributed by atoms with Crippen LogP contribution in [0.2, 0.25) is 5.02 Å². The van der Waals surface area contributed by atoms with Crippen LogP contribution in [0, 0.1) is 5.41 Å². The highest BCUT2D eigenvalue weighted by Crippen LogP contribution is 2.27. The lowest BCUT2D eigenvalue weighted by Gasteiger charge is -1.96. The van der Waals surface area contributed by atoms with E-state index in [2.05, 4.69) is 27.8 Å². The maximum Gasteiger partial charge on any atom is 0.207 e. The van der Waals surface area contributed by atoms with Crippen LogP contribution in [0.1, 0.15) is 6.92 Å². The smallest absolute Gasteiger partial charge is 0.207 e. The summed E-state index contributed by atoms with van der Waals surface area (Å²) in [5, 5.41) is 24.0. The van der Waals surface area contributed by atoms with E-state index in [0.29, 0.717) is 5.69 Å². The third-order valence-corrected chi connectivity index (χ3v) is 1.95. The second-order valence-corrected chi connectivity index (χ2v) is 3.64. The third-order valence-electron chi connectivity index (χ3n) is 1.45. The van der Waals surface area contributed by atoms with Gasteiger partial charge in [0.05, 0.1) is 10.7 Å². The Bertz CT molecular complexity index is 473. The number of aromatic hydroxyl groups is 1. The molecule has 0 heterocycles. The molecule has 0 bridgehead atoms. The largest absolute Gasteiger partial charge is 0.506 e. The fourth-order valence-electron chi connectivity index (χ4n) is 0.833. The van der Waals surface area contributed by atoms with E-state index in [9.17, 15) is 0 Å². The molecule has 0 amide bonds. The second kappa shape index (κ2) is 5.62. The first kappa shape index (κ1) is 12.7. The third kappa shape index (κ3) is 4.00. The number of aliphatic imine (C=N–C) groups is 1. The predicted molar refractivity (Wildman–Crippen MR) is 67.5 cm³/mol. The molecule has 7 heteroatoms. The average molecular weight is 257 g/mol. The van der Waals surface area contributed by atoms with Gasteiger partial charge in [0.1, 0.15) is 11.6 Å². The van der Waals surface area contributed by atoms with Gasteiger partial charge in [-0.15, -0.1) is 22.9 Å². The summed E-state index contributed by atoms with van der Waals surface area (Å²) in [4.78, 5) is 3.65. The number of phenols is 1. The maximum atomic E-state index is 9.17. The Hall–Kier alpha value is -1.40. The fraction of sp³-hybridized carbons (Fsp3) is 0.111. The van der Waals surface area contributed by atoms with Crippen LogP contribution in [-0.2, 0) is 0 Å². The minimum Gasteiger partial charge on any atom is -0.506 e. The maximum absolute atomic E-state index is 9.17. The molecule has 0 aliphatic heterocycles. The normalized spacial score (nSPS) is 12.1. The molecule has 5 nitrogen and oxygen atoms in total. The molecule has 0 unspecified atom stereocenters. The summed E-state index contributed by atoms with van der Waals surface area (Å²) in [6.07, 6.45) is 0. The van der Waals surface area contributed by atoms with E-state index >= 15 is 0 Å². The summed E-state index contributed by atoms with van der Waals surface area (Å²) in [6, 6.07) is 4.41. The van der Waals surface area contributed by atoms with Crippen LogP contribution in [-0.4, -0.2) is 16.1 Å². The zero-order chi connectivity index (χ0) is 12.1. The van der Waals surface area contributed by atoms with Crippen molar-refractivity contribution in [3.8, 4) is 5.75 Å². The first-order valence-electron chi connectivity index (χ1n) is 4.22. The number of azo groups is 1. The topological polar surface area (TPSA) is 81.2 Å².